The van der Waals surface area contributed by atoms with Gasteiger partial charge in [0.2, 0.25) is 5.91 Å². The van der Waals surface area contributed by atoms with Crippen LogP contribution >= 0.6 is 0 Å². The van der Waals surface area contributed by atoms with E-state index in [0.717, 1.165) is 50.0 Å². The molecule has 2 aromatic rings. The number of hydrogen-bond acceptors (Lipinski definition) is 4. The highest BCUT2D eigenvalue weighted by Gasteiger charge is 2.26. The number of imide groups is 1. The number of likely N-dealkylation sites (tertiary alicyclic amines) is 1. The maximum atomic E-state index is 12.4. The first kappa shape index (κ1) is 19.9. The second-order valence-electron chi connectivity index (χ2n) is 7.35. The van der Waals surface area contributed by atoms with Crippen molar-refractivity contribution in [3.63, 3.8) is 0 Å². The van der Waals surface area contributed by atoms with Crippen LogP contribution < -0.4 is 10.6 Å². The normalized spacial score (nSPS) is 15.2. The molecule has 0 aliphatic carbocycles. The predicted octanol–water partition coefficient (Wildman–Crippen LogP) is 3.30. The molecule has 1 fully saturated rings. The topological polar surface area (TPSA) is 81.7 Å². The molecule has 28 heavy (non-hydrogen) atoms. The summed E-state index contributed by atoms with van der Waals surface area (Å²) in [5, 5.41) is 14.7. The highest BCUT2D eigenvalue weighted by Crippen LogP contribution is 2.19. The van der Waals surface area contributed by atoms with Gasteiger partial charge in [0, 0.05) is 18.2 Å². The Hall–Kier alpha value is -2.86. The van der Waals surface area contributed by atoms with Gasteiger partial charge in [0.05, 0.1) is 0 Å². The van der Waals surface area contributed by atoms with Crippen LogP contribution in [0.15, 0.2) is 48.5 Å². The molecular weight excluding hydrogens is 354 g/mol. The number of aryl methyl sites for hydroxylation is 1. The Bertz CT molecular complexity index is 829. The predicted molar refractivity (Wildman–Crippen MR) is 109 cm³/mol. The van der Waals surface area contributed by atoms with Crippen LogP contribution in [0.25, 0.3) is 0 Å². The fourth-order valence-corrected chi connectivity index (χ4v) is 3.52. The van der Waals surface area contributed by atoms with Gasteiger partial charge in [-0.15, -0.1) is 0 Å². The van der Waals surface area contributed by atoms with E-state index in [-0.39, 0.29) is 17.6 Å². The van der Waals surface area contributed by atoms with Gasteiger partial charge in [-0.05, 0) is 74.7 Å². The van der Waals surface area contributed by atoms with Crippen LogP contribution in [-0.4, -0.2) is 41.6 Å². The third kappa shape index (κ3) is 5.82. The first-order valence-electron chi connectivity index (χ1n) is 9.68. The molecule has 0 saturated carbocycles. The summed E-state index contributed by atoms with van der Waals surface area (Å²) in [6.07, 6.45) is 2.34. The first-order chi connectivity index (χ1) is 13.5. The average Bonchev–Trinajstić information content (AvgIpc) is 2.67. The summed E-state index contributed by atoms with van der Waals surface area (Å²) in [5.41, 5.74) is 2.82. The minimum Gasteiger partial charge on any atom is -0.508 e. The Morgan fingerprint density at radius 2 is 1.86 bits per heavy atom. The summed E-state index contributed by atoms with van der Waals surface area (Å²) in [7, 11) is 0. The van der Waals surface area contributed by atoms with Crippen molar-refractivity contribution >= 4 is 17.6 Å². The molecule has 0 unspecified atom stereocenters. The first-order valence-corrected chi connectivity index (χ1v) is 9.68. The summed E-state index contributed by atoms with van der Waals surface area (Å²) < 4.78 is 0. The molecule has 3 amide bonds. The molecule has 1 aliphatic heterocycles. The molecule has 2 aromatic carbocycles. The van der Waals surface area contributed by atoms with Crippen LogP contribution in [0.2, 0.25) is 0 Å². The fraction of sp³-hybridized carbons (Fsp3) is 0.364. The Morgan fingerprint density at radius 3 is 2.57 bits per heavy atom. The van der Waals surface area contributed by atoms with Crippen molar-refractivity contribution in [2.24, 2.45) is 5.92 Å². The number of carbonyl (C=O) groups excluding carboxylic acids is 2. The van der Waals surface area contributed by atoms with E-state index in [1.807, 2.05) is 37.3 Å². The fourth-order valence-electron chi connectivity index (χ4n) is 3.52. The minimum atomic E-state index is -0.484. The van der Waals surface area contributed by atoms with Gasteiger partial charge in [0.15, 0.2) is 0 Å². The lowest BCUT2D eigenvalue weighted by Crippen LogP contribution is -2.44. The zero-order valence-corrected chi connectivity index (χ0v) is 16.1. The molecule has 0 bridgehead atoms. The van der Waals surface area contributed by atoms with E-state index >= 15 is 0 Å². The number of benzene rings is 2. The quantitative estimate of drug-likeness (QED) is 0.742. The number of phenols is 1. The molecule has 1 aliphatic rings. The number of carbonyl (C=O) groups is 2. The molecule has 1 saturated heterocycles. The van der Waals surface area contributed by atoms with Crippen LogP contribution in [-0.2, 0) is 11.2 Å². The summed E-state index contributed by atoms with van der Waals surface area (Å²) in [6, 6.07) is 14.3. The highest BCUT2D eigenvalue weighted by molar-refractivity contribution is 6.01. The van der Waals surface area contributed by atoms with Crippen molar-refractivity contribution in [3.05, 3.63) is 59.7 Å². The number of phenolic OH excluding ortho intramolecular Hbond substituents is 1. The molecule has 0 radical (unpaired) electrons. The van der Waals surface area contributed by atoms with Crippen molar-refractivity contribution in [2.75, 3.05) is 25.0 Å². The van der Waals surface area contributed by atoms with E-state index in [0.29, 0.717) is 5.69 Å². The van der Waals surface area contributed by atoms with Crippen LogP contribution in [0.5, 0.6) is 5.75 Å². The van der Waals surface area contributed by atoms with Crippen molar-refractivity contribution < 1.29 is 14.7 Å². The van der Waals surface area contributed by atoms with Gasteiger partial charge in [-0.1, -0.05) is 24.3 Å². The van der Waals surface area contributed by atoms with Gasteiger partial charge in [-0.25, -0.2) is 4.79 Å². The van der Waals surface area contributed by atoms with E-state index in [9.17, 15) is 14.7 Å². The summed E-state index contributed by atoms with van der Waals surface area (Å²) >= 11 is 0. The molecule has 1 heterocycles. The lowest BCUT2D eigenvalue weighted by molar-refractivity contribution is -0.125. The molecule has 6 nitrogen and oxygen atoms in total. The Kier molecular flexibility index (Phi) is 6.66. The second kappa shape index (κ2) is 9.37. The van der Waals surface area contributed by atoms with Gasteiger partial charge in [0.1, 0.15) is 5.75 Å². The average molecular weight is 381 g/mol. The lowest BCUT2D eigenvalue weighted by atomic mass is 9.95. The number of rotatable bonds is 5. The third-order valence-corrected chi connectivity index (χ3v) is 5.10. The highest BCUT2D eigenvalue weighted by atomic mass is 16.3. The number of anilines is 1. The third-order valence-electron chi connectivity index (χ3n) is 5.10. The molecule has 3 rings (SSSR count). The van der Waals surface area contributed by atoms with Crippen molar-refractivity contribution in [1.29, 1.82) is 0 Å². The molecule has 0 spiro atoms. The zero-order chi connectivity index (χ0) is 19.9. The minimum absolute atomic E-state index is 0.139. The van der Waals surface area contributed by atoms with Gasteiger partial charge >= 0.3 is 6.03 Å². The SMILES string of the molecule is Cc1cccc(NC(=O)NC(=O)C2CCN(CCc3cccc(O)c3)CC2)c1. The summed E-state index contributed by atoms with van der Waals surface area (Å²) in [6.45, 7) is 4.50. The molecule has 148 valence electrons. The van der Waals surface area contributed by atoms with Crippen molar-refractivity contribution in [1.82, 2.24) is 10.2 Å². The second-order valence-corrected chi connectivity index (χ2v) is 7.35. The van der Waals surface area contributed by atoms with E-state index in [4.69, 9.17) is 0 Å². The summed E-state index contributed by atoms with van der Waals surface area (Å²) in [5.74, 6) is -0.0603. The zero-order valence-electron chi connectivity index (χ0n) is 16.1. The molecule has 3 N–H and O–H groups in total. The van der Waals surface area contributed by atoms with Crippen LogP contribution in [0.1, 0.15) is 24.0 Å². The lowest BCUT2D eigenvalue weighted by Gasteiger charge is -2.31. The van der Waals surface area contributed by atoms with Crippen LogP contribution in [0.3, 0.4) is 0 Å². The van der Waals surface area contributed by atoms with Gasteiger partial charge in [-0.3, -0.25) is 10.1 Å². The van der Waals surface area contributed by atoms with E-state index < -0.39 is 6.03 Å². The Morgan fingerprint density at radius 1 is 1.11 bits per heavy atom. The van der Waals surface area contributed by atoms with Gasteiger partial charge in [0.25, 0.3) is 0 Å². The Labute approximate surface area is 165 Å². The Balaban J connectivity index is 1.40. The molecule has 6 heteroatoms. The van der Waals surface area contributed by atoms with Crippen LogP contribution in [0.4, 0.5) is 10.5 Å². The number of hydrogen-bond donors (Lipinski definition) is 3. The maximum absolute atomic E-state index is 12.4. The number of aromatic hydroxyl groups is 1. The van der Waals surface area contributed by atoms with Crippen molar-refractivity contribution in [3.8, 4) is 5.75 Å². The largest absolute Gasteiger partial charge is 0.508 e. The summed E-state index contributed by atoms with van der Waals surface area (Å²) in [4.78, 5) is 26.7. The smallest absolute Gasteiger partial charge is 0.325 e. The number of urea groups is 1. The monoisotopic (exact) mass is 381 g/mol. The number of nitrogens with zero attached hydrogens (tertiary/aromatic N) is 1. The molecular formula is C22H27N3O3. The molecule has 0 aromatic heterocycles. The van der Waals surface area contributed by atoms with Gasteiger partial charge in [-0.2, -0.15) is 0 Å². The number of piperidine rings is 1. The van der Waals surface area contributed by atoms with E-state index in [1.165, 1.54) is 0 Å². The maximum Gasteiger partial charge on any atom is 0.325 e. The molecule has 0 atom stereocenters. The van der Waals surface area contributed by atoms with Crippen LogP contribution in [0, 0.1) is 12.8 Å². The van der Waals surface area contributed by atoms with E-state index in [2.05, 4.69) is 15.5 Å². The standard InChI is InChI=1S/C22H27N3O3/c1-16-4-2-6-19(14-16)23-22(28)24-21(27)18-9-12-25(13-10-18)11-8-17-5-3-7-20(26)15-17/h2-7,14-15,18,26H,8-13H2,1H3,(H2,23,24,27,28). The number of amides is 3. The van der Waals surface area contributed by atoms with E-state index in [1.54, 1.807) is 18.2 Å². The van der Waals surface area contributed by atoms with Crippen molar-refractivity contribution in [2.45, 2.75) is 26.2 Å². The van der Waals surface area contributed by atoms with Gasteiger partial charge < -0.3 is 15.3 Å². The number of nitrogens with one attached hydrogen (secondary N) is 2.